The van der Waals surface area contributed by atoms with Crippen LogP contribution in [0.3, 0.4) is 0 Å². The molecule has 0 unspecified atom stereocenters. The van der Waals surface area contributed by atoms with Crippen molar-refractivity contribution in [3.8, 4) is 0 Å². The minimum absolute atomic E-state index is 0.0996. The quantitative estimate of drug-likeness (QED) is 0.926. The van der Waals surface area contributed by atoms with Crippen molar-refractivity contribution in [2.24, 2.45) is 5.92 Å². The minimum Gasteiger partial charge on any atom is -0.481 e. The van der Waals surface area contributed by atoms with E-state index in [0.717, 1.165) is 12.8 Å². The van der Waals surface area contributed by atoms with Gasteiger partial charge in [0.2, 0.25) is 0 Å². The van der Waals surface area contributed by atoms with Gasteiger partial charge < -0.3 is 10.0 Å². The molecule has 0 aliphatic carbocycles. The Bertz CT molecular complexity index is 507. The van der Waals surface area contributed by atoms with E-state index < -0.39 is 5.97 Å². The van der Waals surface area contributed by atoms with Gasteiger partial charge in [-0.25, -0.2) is 0 Å². The maximum absolute atomic E-state index is 12.4. The van der Waals surface area contributed by atoms with Gasteiger partial charge in [0, 0.05) is 31.9 Å². The van der Waals surface area contributed by atoms with Crippen LogP contribution in [-0.4, -0.2) is 40.0 Å². The number of aliphatic carboxylic acids is 1. The third-order valence-electron chi connectivity index (χ3n) is 3.58. The van der Waals surface area contributed by atoms with Crippen LogP contribution in [0.4, 0.5) is 0 Å². The molecule has 1 N–H and O–H groups in total. The number of carbonyl (C=O) groups is 2. The molecule has 1 aromatic rings. The lowest BCUT2D eigenvalue weighted by atomic mass is 9.93. The fraction of sp³-hybridized carbons (Fsp3) is 0.500. The molecule has 0 bridgehead atoms. The van der Waals surface area contributed by atoms with Gasteiger partial charge in [0.05, 0.1) is 10.6 Å². The molecule has 1 aliphatic rings. The molecule has 0 aromatic carbocycles. The fourth-order valence-corrected chi connectivity index (χ4v) is 2.73. The molecular weight excluding hydrogens is 280 g/mol. The Morgan fingerprint density at radius 1 is 1.50 bits per heavy atom. The van der Waals surface area contributed by atoms with Crippen molar-refractivity contribution >= 4 is 23.5 Å². The first-order valence-electron chi connectivity index (χ1n) is 6.68. The van der Waals surface area contributed by atoms with Gasteiger partial charge in [0.25, 0.3) is 5.91 Å². The highest BCUT2D eigenvalue weighted by atomic mass is 35.5. The van der Waals surface area contributed by atoms with Crippen LogP contribution in [0.25, 0.3) is 0 Å². The second kappa shape index (κ2) is 6.70. The van der Waals surface area contributed by atoms with Crippen LogP contribution in [-0.2, 0) is 4.79 Å². The number of carbonyl (C=O) groups excluding carboxylic acids is 1. The number of halogens is 1. The van der Waals surface area contributed by atoms with E-state index in [-0.39, 0.29) is 18.2 Å². The van der Waals surface area contributed by atoms with E-state index in [1.54, 1.807) is 17.2 Å². The number of pyridine rings is 1. The highest BCUT2D eigenvalue weighted by molar-refractivity contribution is 6.33. The molecule has 0 spiro atoms. The zero-order valence-electron chi connectivity index (χ0n) is 11.1. The van der Waals surface area contributed by atoms with Crippen LogP contribution in [0.15, 0.2) is 18.5 Å². The van der Waals surface area contributed by atoms with Crippen LogP contribution in [0.2, 0.25) is 5.02 Å². The Labute approximate surface area is 122 Å². The summed E-state index contributed by atoms with van der Waals surface area (Å²) < 4.78 is 0. The van der Waals surface area contributed by atoms with Crippen LogP contribution in [0, 0.1) is 5.92 Å². The van der Waals surface area contributed by atoms with Gasteiger partial charge in [-0.05, 0) is 31.2 Å². The fourth-order valence-electron chi connectivity index (χ4n) is 2.53. The number of aromatic nitrogens is 1. The van der Waals surface area contributed by atoms with Gasteiger partial charge in [0.1, 0.15) is 0 Å². The number of nitrogens with zero attached hydrogens (tertiary/aromatic N) is 2. The first-order valence-corrected chi connectivity index (χ1v) is 7.06. The van der Waals surface area contributed by atoms with Crippen molar-refractivity contribution in [1.82, 2.24) is 9.88 Å². The van der Waals surface area contributed by atoms with Crippen LogP contribution < -0.4 is 0 Å². The monoisotopic (exact) mass is 296 g/mol. The lowest BCUT2D eigenvalue weighted by Gasteiger charge is -2.32. The third kappa shape index (κ3) is 3.70. The summed E-state index contributed by atoms with van der Waals surface area (Å²) in [6.07, 6.45) is 5.65. The lowest BCUT2D eigenvalue weighted by molar-refractivity contribution is -0.137. The normalized spacial score (nSPS) is 18.9. The Hall–Kier alpha value is -1.62. The first kappa shape index (κ1) is 14.8. The molecule has 1 fully saturated rings. The molecular formula is C14H17ClN2O3. The number of hydrogen-bond acceptors (Lipinski definition) is 3. The summed E-state index contributed by atoms with van der Waals surface area (Å²) in [5.41, 5.74) is 0.459. The van der Waals surface area contributed by atoms with Gasteiger partial charge in [-0.3, -0.25) is 14.6 Å². The molecule has 1 amide bonds. The molecule has 0 saturated carbocycles. The molecule has 1 saturated heterocycles. The van der Waals surface area contributed by atoms with Gasteiger partial charge in [-0.2, -0.15) is 0 Å². The number of hydrogen-bond donors (Lipinski definition) is 1. The average molecular weight is 297 g/mol. The Balaban J connectivity index is 2.00. The molecule has 0 radical (unpaired) electrons. The smallest absolute Gasteiger partial charge is 0.303 e. The summed E-state index contributed by atoms with van der Waals surface area (Å²) >= 11 is 5.99. The van der Waals surface area contributed by atoms with Crippen molar-refractivity contribution in [2.45, 2.75) is 25.7 Å². The van der Waals surface area contributed by atoms with E-state index in [1.165, 1.54) is 6.20 Å². The summed E-state index contributed by atoms with van der Waals surface area (Å²) in [6.45, 7) is 1.30. The average Bonchev–Trinajstić information content (AvgIpc) is 2.45. The molecule has 2 rings (SSSR count). The Morgan fingerprint density at radius 2 is 2.30 bits per heavy atom. The molecule has 1 aromatic heterocycles. The van der Waals surface area contributed by atoms with E-state index >= 15 is 0 Å². The van der Waals surface area contributed by atoms with E-state index in [2.05, 4.69) is 4.98 Å². The maximum Gasteiger partial charge on any atom is 0.303 e. The van der Waals surface area contributed by atoms with Crippen molar-refractivity contribution in [3.63, 3.8) is 0 Å². The number of carboxylic acid groups (broad SMARTS) is 1. The zero-order chi connectivity index (χ0) is 14.5. The van der Waals surface area contributed by atoms with Crippen molar-refractivity contribution in [2.75, 3.05) is 13.1 Å². The second-order valence-electron chi connectivity index (χ2n) is 5.05. The number of rotatable bonds is 4. The number of likely N-dealkylation sites (tertiary alicyclic amines) is 1. The van der Waals surface area contributed by atoms with Crippen molar-refractivity contribution < 1.29 is 14.7 Å². The summed E-state index contributed by atoms with van der Waals surface area (Å²) in [5, 5.41) is 9.08. The van der Waals surface area contributed by atoms with Gasteiger partial charge in [-0.15, -0.1) is 0 Å². The SMILES string of the molecule is O=C(O)CC[C@H]1CCCN(C(=O)c2ccncc2Cl)C1. The van der Waals surface area contributed by atoms with Gasteiger partial charge >= 0.3 is 5.97 Å². The summed E-state index contributed by atoms with van der Waals surface area (Å²) in [7, 11) is 0. The molecule has 1 aliphatic heterocycles. The summed E-state index contributed by atoms with van der Waals surface area (Å²) in [6, 6.07) is 1.62. The second-order valence-corrected chi connectivity index (χ2v) is 5.45. The van der Waals surface area contributed by atoms with E-state index in [0.29, 0.717) is 30.1 Å². The molecule has 6 heteroatoms. The molecule has 2 heterocycles. The summed E-state index contributed by atoms with van der Waals surface area (Å²) in [5.74, 6) is -0.632. The number of carboxylic acids is 1. The lowest BCUT2D eigenvalue weighted by Crippen LogP contribution is -2.40. The topological polar surface area (TPSA) is 70.5 Å². The van der Waals surface area contributed by atoms with E-state index in [1.807, 2.05) is 0 Å². The van der Waals surface area contributed by atoms with Crippen molar-refractivity contribution in [1.29, 1.82) is 0 Å². The third-order valence-corrected chi connectivity index (χ3v) is 3.88. The standard InChI is InChI=1S/C14H17ClN2O3/c15-12-8-16-6-5-11(12)14(20)17-7-1-2-10(9-17)3-4-13(18)19/h5-6,8,10H,1-4,7,9H2,(H,18,19)/t10-/m1/s1. The Morgan fingerprint density at radius 3 is 3.00 bits per heavy atom. The molecule has 108 valence electrons. The Kier molecular flexibility index (Phi) is 4.95. The van der Waals surface area contributed by atoms with Crippen molar-refractivity contribution in [3.05, 3.63) is 29.0 Å². The van der Waals surface area contributed by atoms with E-state index in [9.17, 15) is 9.59 Å². The predicted octanol–water partition coefficient (Wildman–Crippen LogP) is 2.45. The van der Waals surface area contributed by atoms with Crippen LogP contribution in [0.1, 0.15) is 36.0 Å². The molecule has 5 nitrogen and oxygen atoms in total. The van der Waals surface area contributed by atoms with Gasteiger partial charge in [-0.1, -0.05) is 11.6 Å². The number of amides is 1. The highest BCUT2D eigenvalue weighted by Crippen LogP contribution is 2.24. The first-order chi connectivity index (χ1) is 9.58. The number of piperidine rings is 1. The molecule has 1 atom stereocenters. The molecule has 20 heavy (non-hydrogen) atoms. The minimum atomic E-state index is -0.786. The summed E-state index contributed by atoms with van der Waals surface area (Å²) in [4.78, 5) is 28.6. The largest absolute Gasteiger partial charge is 0.481 e. The maximum atomic E-state index is 12.4. The predicted molar refractivity (Wildman–Crippen MR) is 74.7 cm³/mol. The zero-order valence-corrected chi connectivity index (χ0v) is 11.8. The highest BCUT2D eigenvalue weighted by Gasteiger charge is 2.25. The van der Waals surface area contributed by atoms with E-state index in [4.69, 9.17) is 16.7 Å². The van der Waals surface area contributed by atoms with Gasteiger partial charge in [0.15, 0.2) is 0 Å². The van der Waals surface area contributed by atoms with Crippen LogP contribution >= 0.6 is 11.6 Å². The van der Waals surface area contributed by atoms with Crippen LogP contribution in [0.5, 0.6) is 0 Å².